The van der Waals surface area contributed by atoms with Crippen LogP contribution in [0.3, 0.4) is 0 Å². The number of carbonyl (C=O) groups excluding carboxylic acids is 1. The topological polar surface area (TPSA) is 77.3 Å². The van der Waals surface area contributed by atoms with Crippen LogP contribution < -0.4 is 0 Å². The molecule has 33 heavy (non-hydrogen) atoms. The van der Waals surface area contributed by atoms with Crippen LogP contribution in [0.15, 0.2) is 36.5 Å². The molecule has 0 radical (unpaired) electrons. The molecule has 1 aliphatic rings. The molecule has 2 atom stereocenters. The molecule has 1 aromatic carbocycles. The zero-order valence-electron chi connectivity index (χ0n) is 21.2. The van der Waals surface area contributed by atoms with Crippen molar-refractivity contribution in [3.8, 4) is 5.75 Å². The van der Waals surface area contributed by atoms with Crippen molar-refractivity contribution in [1.82, 2.24) is 9.88 Å². The second kappa shape index (κ2) is 9.28. The van der Waals surface area contributed by atoms with Gasteiger partial charge in [0.2, 0.25) is 0 Å². The summed E-state index contributed by atoms with van der Waals surface area (Å²) in [5.74, 6) is 0.937. The first-order chi connectivity index (χ1) is 15.3. The van der Waals surface area contributed by atoms with Crippen LogP contribution in [-0.2, 0) is 10.8 Å². The summed E-state index contributed by atoms with van der Waals surface area (Å²) in [5, 5.41) is 19.9. The Labute approximate surface area is 198 Å². The first-order valence-corrected chi connectivity index (χ1v) is 12.0. The van der Waals surface area contributed by atoms with Gasteiger partial charge in [-0.1, -0.05) is 61.0 Å². The summed E-state index contributed by atoms with van der Waals surface area (Å²) >= 11 is 0. The fraction of sp³-hybridized carbons (Fsp3) is 0.536. The van der Waals surface area contributed by atoms with E-state index in [1.54, 1.807) is 6.20 Å². The summed E-state index contributed by atoms with van der Waals surface area (Å²) in [6.45, 7) is 15.3. The highest BCUT2D eigenvalue weighted by Crippen LogP contribution is 2.40. The minimum Gasteiger partial charge on any atom is -0.507 e. The molecule has 0 bridgehead atoms. The molecule has 0 unspecified atom stereocenters. The second-order valence-electron chi connectivity index (χ2n) is 11.4. The van der Waals surface area contributed by atoms with E-state index in [4.69, 9.17) is 5.41 Å². The number of nitrogens with zero attached hydrogens (tertiary/aromatic N) is 2. The first-order valence-electron chi connectivity index (χ1n) is 12.0. The van der Waals surface area contributed by atoms with E-state index in [1.807, 2.05) is 76.8 Å². The molecule has 1 aromatic heterocycles. The van der Waals surface area contributed by atoms with Crippen LogP contribution in [0.1, 0.15) is 94.4 Å². The average molecular weight is 450 g/mol. The maximum atomic E-state index is 13.5. The van der Waals surface area contributed by atoms with Crippen LogP contribution in [0.25, 0.3) is 0 Å². The normalized spacial score (nSPS) is 19.2. The number of hydrogen-bond donors (Lipinski definition) is 2. The van der Waals surface area contributed by atoms with Gasteiger partial charge in [0, 0.05) is 29.4 Å². The number of Topliss-reactive ketones (excluding diaryl/α,β-unsaturated/α-hetero) is 1. The molecule has 1 saturated heterocycles. The van der Waals surface area contributed by atoms with Crippen molar-refractivity contribution < 1.29 is 9.90 Å². The van der Waals surface area contributed by atoms with E-state index in [9.17, 15) is 9.90 Å². The van der Waals surface area contributed by atoms with Crippen molar-refractivity contribution >= 4 is 11.6 Å². The Morgan fingerprint density at radius 1 is 1.12 bits per heavy atom. The van der Waals surface area contributed by atoms with Gasteiger partial charge in [0.05, 0.1) is 18.2 Å². The van der Waals surface area contributed by atoms with E-state index in [1.165, 1.54) is 0 Å². The SMILES string of the molecule is CCC[C@H]1CN(CC(=O)c2cc(C(C)(C)C)c(O)c(C(C)(C)C)c2)C(=N)[C@@H]1c1ccccn1. The number of phenols is 1. The number of amidine groups is 1. The van der Waals surface area contributed by atoms with E-state index < -0.39 is 0 Å². The summed E-state index contributed by atoms with van der Waals surface area (Å²) in [6, 6.07) is 9.52. The largest absolute Gasteiger partial charge is 0.507 e. The van der Waals surface area contributed by atoms with Gasteiger partial charge in [-0.25, -0.2) is 0 Å². The molecular weight excluding hydrogens is 410 g/mol. The number of phenolic OH excluding ortho intramolecular Hbond substituents is 1. The van der Waals surface area contributed by atoms with Crippen LogP contribution in [0.2, 0.25) is 0 Å². The molecule has 0 saturated carbocycles. The minimum absolute atomic E-state index is 0.0207. The predicted octanol–water partition coefficient (Wildman–Crippen LogP) is 6.06. The van der Waals surface area contributed by atoms with Gasteiger partial charge < -0.3 is 10.0 Å². The molecule has 1 aliphatic heterocycles. The lowest BCUT2D eigenvalue weighted by Gasteiger charge is -2.28. The molecule has 0 spiro atoms. The quantitative estimate of drug-likeness (QED) is 0.526. The third-order valence-electron chi connectivity index (χ3n) is 6.61. The highest BCUT2D eigenvalue weighted by Gasteiger charge is 2.39. The molecule has 2 heterocycles. The zero-order valence-corrected chi connectivity index (χ0v) is 21.2. The molecule has 0 aliphatic carbocycles. The summed E-state index contributed by atoms with van der Waals surface area (Å²) < 4.78 is 0. The van der Waals surface area contributed by atoms with Gasteiger partial charge in [-0.15, -0.1) is 0 Å². The lowest BCUT2D eigenvalue weighted by Crippen LogP contribution is -2.32. The second-order valence-corrected chi connectivity index (χ2v) is 11.4. The Bertz CT molecular complexity index is 981. The monoisotopic (exact) mass is 449 g/mol. The highest BCUT2D eigenvalue weighted by atomic mass is 16.3. The van der Waals surface area contributed by atoms with Gasteiger partial charge >= 0.3 is 0 Å². The summed E-state index contributed by atoms with van der Waals surface area (Å²) in [6.07, 6.45) is 3.80. The molecule has 2 aromatic rings. The Balaban J connectivity index is 1.93. The maximum absolute atomic E-state index is 13.5. The fourth-order valence-corrected chi connectivity index (χ4v) is 4.83. The van der Waals surface area contributed by atoms with Crippen LogP contribution in [0.4, 0.5) is 0 Å². The van der Waals surface area contributed by atoms with Gasteiger partial charge in [-0.05, 0) is 47.4 Å². The van der Waals surface area contributed by atoms with Crippen LogP contribution in [0, 0.1) is 11.3 Å². The summed E-state index contributed by atoms with van der Waals surface area (Å²) in [7, 11) is 0. The Morgan fingerprint density at radius 3 is 2.21 bits per heavy atom. The third kappa shape index (κ3) is 5.29. The van der Waals surface area contributed by atoms with Gasteiger partial charge in [0.25, 0.3) is 0 Å². The lowest BCUT2D eigenvalue weighted by atomic mass is 9.78. The van der Waals surface area contributed by atoms with Crippen molar-refractivity contribution in [3.05, 3.63) is 58.9 Å². The van der Waals surface area contributed by atoms with Crippen LogP contribution >= 0.6 is 0 Å². The number of aromatic hydroxyl groups is 1. The number of likely N-dealkylation sites (tertiary alicyclic amines) is 1. The average Bonchev–Trinajstić information content (AvgIpc) is 3.02. The van der Waals surface area contributed by atoms with E-state index in [0.29, 0.717) is 17.9 Å². The number of hydrogen-bond acceptors (Lipinski definition) is 4. The van der Waals surface area contributed by atoms with Gasteiger partial charge in [-0.2, -0.15) is 0 Å². The number of pyridine rings is 1. The molecule has 178 valence electrons. The van der Waals surface area contributed by atoms with Gasteiger partial charge in [0.1, 0.15) is 11.6 Å². The van der Waals surface area contributed by atoms with Crippen molar-refractivity contribution in [2.45, 2.75) is 78.1 Å². The molecule has 5 nitrogen and oxygen atoms in total. The predicted molar refractivity (Wildman–Crippen MR) is 135 cm³/mol. The zero-order chi connectivity index (χ0) is 24.6. The molecule has 3 rings (SSSR count). The van der Waals surface area contributed by atoms with Gasteiger partial charge in [0.15, 0.2) is 5.78 Å². The number of aromatic nitrogens is 1. The minimum atomic E-state index is -0.295. The number of carbonyl (C=O) groups is 1. The Hall–Kier alpha value is -2.69. The van der Waals surface area contributed by atoms with E-state index in [2.05, 4.69) is 11.9 Å². The van der Waals surface area contributed by atoms with E-state index in [0.717, 1.165) is 29.7 Å². The van der Waals surface area contributed by atoms with Crippen LogP contribution in [-0.4, -0.2) is 39.7 Å². The Morgan fingerprint density at radius 2 is 1.73 bits per heavy atom. The van der Waals surface area contributed by atoms with Crippen molar-refractivity contribution in [3.63, 3.8) is 0 Å². The first kappa shape index (κ1) is 24.9. The summed E-state index contributed by atoms with van der Waals surface area (Å²) in [4.78, 5) is 19.9. The Kier molecular flexibility index (Phi) is 7.01. The third-order valence-corrected chi connectivity index (χ3v) is 6.61. The fourth-order valence-electron chi connectivity index (χ4n) is 4.83. The van der Waals surface area contributed by atoms with Crippen LogP contribution in [0.5, 0.6) is 5.75 Å². The molecule has 5 heteroatoms. The van der Waals surface area contributed by atoms with E-state index >= 15 is 0 Å². The maximum Gasteiger partial charge on any atom is 0.182 e. The number of nitrogens with one attached hydrogen (secondary N) is 1. The molecular formula is C28H39N3O2. The van der Waals surface area contributed by atoms with Crippen molar-refractivity contribution in [2.75, 3.05) is 13.1 Å². The van der Waals surface area contributed by atoms with Gasteiger partial charge in [-0.3, -0.25) is 15.2 Å². The number of rotatable bonds is 6. The number of ketones is 1. The van der Waals surface area contributed by atoms with Crippen molar-refractivity contribution in [2.24, 2.45) is 5.92 Å². The summed E-state index contributed by atoms with van der Waals surface area (Å²) in [5.41, 5.74) is 2.48. The molecule has 2 N–H and O–H groups in total. The standard InChI is InChI=1S/C28H39N3O2/c1-8-11-18-16-31(26(29)24(18)22-12-9-10-13-30-22)17-23(32)19-14-20(27(2,3)4)25(33)21(15-19)28(5,6)7/h9-10,12-15,18,24,29,33H,8,11,16-17H2,1-7H3/t18-,24-/m0/s1. The molecule has 0 amide bonds. The smallest absolute Gasteiger partial charge is 0.182 e. The van der Waals surface area contributed by atoms with E-state index in [-0.39, 0.29) is 40.7 Å². The highest BCUT2D eigenvalue weighted by molar-refractivity contribution is 6.01. The van der Waals surface area contributed by atoms with Crippen molar-refractivity contribution in [1.29, 1.82) is 5.41 Å². The number of benzene rings is 1. The lowest BCUT2D eigenvalue weighted by molar-refractivity contribution is 0.0963. The molecule has 1 fully saturated rings.